The summed E-state index contributed by atoms with van der Waals surface area (Å²) in [6.07, 6.45) is 8.25. The van der Waals surface area contributed by atoms with Crippen molar-refractivity contribution in [3.63, 3.8) is 0 Å². The molecule has 3 nitrogen and oxygen atoms in total. The highest BCUT2D eigenvalue weighted by Gasteiger charge is 2.29. The minimum Gasteiger partial charge on any atom is -0.315 e. The molecule has 3 rings (SSSR count). The van der Waals surface area contributed by atoms with Crippen molar-refractivity contribution in [1.29, 1.82) is 0 Å². The van der Waals surface area contributed by atoms with Crippen LogP contribution >= 0.6 is 11.3 Å². The molecular weight excluding hydrogens is 254 g/mol. The number of nitrogens with one attached hydrogen (secondary N) is 1. The molecule has 0 amide bonds. The first-order valence-electron chi connectivity index (χ1n) is 7.72. The van der Waals surface area contributed by atoms with E-state index in [1.165, 1.54) is 67.2 Å². The van der Waals surface area contributed by atoms with Gasteiger partial charge in [-0.15, -0.1) is 11.3 Å². The lowest BCUT2D eigenvalue weighted by Gasteiger charge is -2.17. The van der Waals surface area contributed by atoms with Gasteiger partial charge in [-0.1, -0.05) is 12.8 Å². The first-order valence-corrected chi connectivity index (χ1v) is 8.54. The van der Waals surface area contributed by atoms with Gasteiger partial charge in [-0.05, 0) is 45.8 Å². The third-order valence-corrected chi connectivity index (χ3v) is 5.19. The normalized spacial score (nSPS) is 21.5. The lowest BCUT2D eigenvalue weighted by Crippen LogP contribution is -2.23. The van der Waals surface area contributed by atoms with Crippen molar-refractivity contribution >= 4 is 11.3 Å². The summed E-state index contributed by atoms with van der Waals surface area (Å²) in [6, 6.07) is 0. The standard InChI is InChI=1S/C15H25N3S/c1-16-10-13-15(12-6-7-12)17-14(19-13)11-18-8-4-2-3-5-9-18/h12,16H,2-11H2,1H3. The van der Waals surface area contributed by atoms with Crippen LogP contribution in [0.4, 0.5) is 0 Å². The molecule has 0 unspecified atom stereocenters. The van der Waals surface area contributed by atoms with Crippen molar-refractivity contribution in [2.24, 2.45) is 0 Å². The fourth-order valence-electron chi connectivity index (χ4n) is 2.93. The maximum Gasteiger partial charge on any atom is 0.107 e. The predicted octanol–water partition coefficient (Wildman–Crippen LogP) is 3.12. The van der Waals surface area contributed by atoms with Crippen LogP contribution in [0, 0.1) is 0 Å². The summed E-state index contributed by atoms with van der Waals surface area (Å²) in [6.45, 7) is 4.59. The summed E-state index contributed by atoms with van der Waals surface area (Å²) in [5, 5.41) is 4.63. The Hall–Kier alpha value is -0.450. The Morgan fingerprint density at radius 3 is 2.58 bits per heavy atom. The summed E-state index contributed by atoms with van der Waals surface area (Å²) < 4.78 is 0. The molecular formula is C15H25N3S. The monoisotopic (exact) mass is 279 g/mol. The number of hydrogen-bond donors (Lipinski definition) is 1. The van der Waals surface area contributed by atoms with Crippen molar-refractivity contribution < 1.29 is 0 Å². The molecule has 4 heteroatoms. The van der Waals surface area contributed by atoms with Crippen molar-refractivity contribution in [2.45, 2.75) is 57.5 Å². The highest BCUT2D eigenvalue weighted by atomic mass is 32.1. The topological polar surface area (TPSA) is 28.2 Å². The van der Waals surface area contributed by atoms with Crippen LogP contribution in [0.15, 0.2) is 0 Å². The molecule has 19 heavy (non-hydrogen) atoms. The summed E-state index contributed by atoms with van der Waals surface area (Å²) in [5.74, 6) is 0.775. The fraction of sp³-hybridized carbons (Fsp3) is 0.800. The summed E-state index contributed by atoms with van der Waals surface area (Å²) in [4.78, 5) is 9.04. The maximum absolute atomic E-state index is 4.95. The van der Waals surface area contributed by atoms with Crippen molar-refractivity contribution in [1.82, 2.24) is 15.2 Å². The van der Waals surface area contributed by atoms with Crippen LogP contribution in [0.2, 0.25) is 0 Å². The van der Waals surface area contributed by atoms with Gasteiger partial charge in [0.05, 0.1) is 12.2 Å². The van der Waals surface area contributed by atoms with E-state index in [0.29, 0.717) is 0 Å². The quantitative estimate of drug-likeness (QED) is 0.897. The number of rotatable bonds is 5. The Bertz CT molecular complexity index is 404. The molecule has 2 aliphatic rings. The minimum atomic E-state index is 0.775. The molecule has 1 aromatic heterocycles. The van der Waals surface area contributed by atoms with E-state index in [1.54, 1.807) is 0 Å². The number of likely N-dealkylation sites (tertiary alicyclic amines) is 1. The van der Waals surface area contributed by atoms with Gasteiger partial charge in [-0.3, -0.25) is 4.90 Å². The number of hydrogen-bond acceptors (Lipinski definition) is 4. The zero-order valence-corrected chi connectivity index (χ0v) is 12.8. The van der Waals surface area contributed by atoms with Gasteiger partial charge in [0.15, 0.2) is 0 Å². The van der Waals surface area contributed by atoms with Gasteiger partial charge in [0, 0.05) is 17.3 Å². The van der Waals surface area contributed by atoms with Crippen LogP contribution in [-0.2, 0) is 13.1 Å². The molecule has 0 spiro atoms. The van der Waals surface area contributed by atoms with E-state index in [4.69, 9.17) is 4.98 Å². The Balaban J connectivity index is 1.67. The van der Waals surface area contributed by atoms with Crippen LogP contribution in [0.1, 0.15) is 60.0 Å². The molecule has 1 aliphatic heterocycles. The second kappa shape index (κ2) is 6.33. The molecule has 0 bridgehead atoms. The van der Waals surface area contributed by atoms with E-state index in [2.05, 4.69) is 10.2 Å². The van der Waals surface area contributed by atoms with Gasteiger partial charge in [0.2, 0.25) is 0 Å². The average molecular weight is 279 g/mol. The van der Waals surface area contributed by atoms with Crippen LogP contribution in [-0.4, -0.2) is 30.0 Å². The summed E-state index contributed by atoms with van der Waals surface area (Å²) >= 11 is 1.94. The molecule has 1 N–H and O–H groups in total. The Morgan fingerprint density at radius 2 is 1.95 bits per heavy atom. The molecule has 0 aromatic carbocycles. The second-order valence-electron chi connectivity index (χ2n) is 5.91. The van der Waals surface area contributed by atoms with Crippen molar-refractivity contribution in [3.8, 4) is 0 Å². The lowest BCUT2D eigenvalue weighted by molar-refractivity contribution is 0.276. The van der Waals surface area contributed by atoms with E-state index < -0.39 is 0 Å². The Morgan fingerprint density at radius 1 is 1.21 bits per heavy atom. The molecule has 1 aromatic rings. The third kappa shape index (κ3) is 3.56. The highest BCUT2D eigenvalue weighted by Crippen LogP contribution is 2.42. The average Bonchev–Trinajstić information content (AvgIpc) is 3.19. The minimum absolute atomic E-state index is 0.775. The van der Waals surface area contributed by atoms with Crippen LogP contribution in [0.3, 0.4) is 0 Å². The van der Waals surface area contributed by atoms with E-state index in [0.717, 1.165) is 19.0 Å². The summed E-state index contributed by atoms with van der Waals surface area (Å²) in [7, 11) is 2.03. The number of aromatic nitrogens is 1. The van der Waals surface area contributed by atoms with Crippen molar-refractivity contribution in [2.75, 3.05) is 20.1 Å². The van der Waals surface area contributed by atoms with Crippen LogP contribution in [0.25, 0.3) is 0 Å². The van der Waals surface area contributed by atoms with Gasteiger partial charge in [0.25, 0.3) is 0 Å². The number of nitrogens with zero attached hydrogens (tertiary/aromatic N) is 2. The molecule has 1 saturated carbocycles. The molecule has 1 saturated heterocycles. The van der Waals surface area contributed by atoms with E-state index in [1.807, 2.05) is 18.4 Å². The van der Waals surface area contributed by atoms with Gasteiger partial charge in [-0.2, -0.15) is 0 Å². The smallest absolute Gasteiger partial charge is 0.107 e. The molecule has 1 aliphatic carbocycles. The zero-order valence-electron chi connectivity index (χ0n) is 12.0. The predicted molar refractivity (Wildman–Crippen MR) is 80.6 cm³/mol. The van der Waals surface area contributed by atoms with E-state index >= 15 is 0 Å². The first kappa shape index (κ1) is 13.5. The Kier molecular flexibility index (Phi) is 4.51. The molecule has 0 radical (unpaired) electrons. The third-order valence-electron chi connectivity index (χ3n) is 4.13. The zero-order chi connectivity index (χ0) is 13.1. The van der Waals surface area contributed by atoms with Crippen LogP contribution in [0.5, 0.6) is 0 Å². The number of thiazole rings is 1. The summed E-state index contributed by atoms with van der Waals surface area (Å²) in [5.41, 5.74) is 1.41. The molecule has 0 atom stereocenters. The second-order valence-corrected chi connectivity index (χ2v) is 7.08. The van der Waals surface area contributed by atoms with Gasteiger partial charge in [0.1, 0.15) is 5.01 Å². The van der Waals surface area contributed by atoms with Gasteiger partial charge >= 0.3 is 0 Å². The molecule has 106 valence electrons. The maximum atomic E-state index is 4.95. The van der Waals surface area contributed by atoms with Gasteiger partial charge < -0.3 is 5.32 Å². The van der Waals surface area contributed by atoms with Crippen LogP contribution < -0.4 is 5.32 Å². The van der Waals surface area contributed by atoms with Gasteiger partial charge in [-0.25, -0.2) is 4.98 Å². The fourth-order valence-corrected chi connectivity index (χ4v) is 4.14. The van der Waals surface area contributed by atoms with E-state index in [-0.39, 0.29) is 0 Å². The lowest BCUT2D eigenvalue weighted by atomic mass is 10.2. The van der Waals surface area contributed by atoms with Crippen molar-refractivity contribution in [3.05, 3.63) is 15.6 Å². The Labute approximate surface area is 120 Å². The largest absolute Gasteiger partial charge is 0.315 e. The highest BCUT2D eigenvalue weighted by molar-refractivity contribution is 7.11. The molecule has 2 fully saturated rings. The first-order chi connectivity index (χ1) is 9.36. The van der Waals surface area contributed by atoms with E-state index in [9.17, 15) is 0 Å². The SMILES string of the molecule is CNCc1sc(CN2CCCCCC2)nc1C1CC1. The molecule has 2 heterocycles.